The Morgan fingerprint density at radius 3 is 2.52 bits per heavy atom. The molecule has 40 heavy (non-hydrogen) atoms. The SMILES string of the molecule is Cc1cnc(Nc2cccc(S(C)(=O)=O)c2F)nc1-c1[nH]nc2c(NC(=O)[C@H](C)N3CCN(C)CC3)cccc12. The van der Waals surface area contributed by atoms with Crippen molar-refractivity contribution in [3.63, 3.8) is 0 Å². The van der Waals surface area contributed by atoms with Gasteiger partial charge in [-0.25, -0.2) is 22.8 Å². The van der Waals surface area contributed by atoms with Crippen molar-refractivity contribution in [1.82, 2.24) is 30.0 Å². The van der Waals surface area contributed by atoms with Crippen LogP contribution in [0.1, 0.15) is 12.5 Å². The normalized spacial score (nSPS) is 15.7. The molecule has 13 heteroatoms. The number of fused-ring (bicyclic) bond motifs is 1. The number of aromatic nitrogens is 4. The van der Waals surface area contributed by atoms with E-state index in [9.17, 15) is 17.6 Å². The van der Waals surface area contributed by atoms with Crippen LogP contribution in [-0.2, 0) is 14.6 Å². The number of nitrogens with zero attached hydrogens (tertiary/aromatic N) is 5. The first-order chi connectivity index (χ1) is 19.0. The van der Waals surface area contributed by atoms with Crippen LogP contribution in [0.3, 0.4) is 0 Å². The van der Waals surface area contributed by atoms with Crippen LogP contribution in [0.2, 0.25) is 0 Å². The van der Waals surface area contributed by atoms with Gasteiger partial charge in [0, 0.05) is 44.0 Å². The van der Waals surface area contributed by atoms with Crippen molar-refractivity contribution >= 4 is 44.0 Å². The van der Waals surface area contributed by atoms with E-state index in [-0.39, 0.29) is 23.6 Å². The molecule has 1 atom stereocenters. The van der Waals surface area contributed by atoms with E-state index in [1.165, 1.54) is 18.2 Å². The molecule has 0 aliphatic carbocycles. The number of aromatic amines is 1. The van der Waals surface area contributed by atoms with Gasteiger partial charge in [0.15, 0.2) is 15.7 Å². The molecule has 2 aromatic carbocycles. The average molecular weight is 567 g/mol. The third-order valence-electron chi connectivity index (χ3n) is 7.13. The maximum atomic E-state index is 14.9. The van der Waals surface area contributed by atoms with Gasteiger partial charge in [-0.15, -0.1) is 0 Å². The highest BCUT2D eigenvalue weighted by Crippen LogP contribution is 2.32. The van der Waals surface area contributed by atoms with Gasteiger partial charge in [-0.1, -0.05) is 18.2 Å². The second-order valence-electron chi connectivity index (χ2n) is 10.0. The topological polar surface area (TPSA) is 136 Å². The summed E-state index contributed by atoms with van der Waals surface area (Å²) in [5.74, 6) is -0.933. The summed E-state index contributed by atoms with van der Waals surface area (Å²) in [6.07, 6.45) is 2.53. The maximum absolute atomic E-state index is 14.9. The van der Waals surface area contributed by atoms with Gasteiger partial charge in [-0.2, -0.15) is 5.10 Å². The quantitative estimate of drug-likeness (QED) is 0.308. The summed E-state index contributed by atoms with van der Waals surface area (Å²) in [5, 5.41) is 14.0. The summed E-state index contributed by atoms with van der Waals surface area (Å²) in [6.45, 7) is 7.23. The number of benzene rings is 2. The van der Waals surface area contributed by atoms with Crippen molar-refractivity contribution in [3.8, 4) is 11.4 Å². The number of H-pyrrole nitrogens is 1. The van der Waals surface area contributed by atoms with Gasteiger partial charge < -0.3 is 15.5 Å². The molecule has 0 radical (unpaired) electrons. The number of aryl methyl sites for hydroxylation is 1. The lowest BCUT2D eigenvalue weighted by atomic mass is 10.1. The first-order valence-corrected chi connectivity index (χ1v) is 14.7. The fourth-order valence-corrected chi connectivity index (χ4v) is 5.46. The fraction of sp³-hybridized carbons (Fsp3) is 0.333. The maximum Gasteiger partial charge on any atom is 0.241 e. The van der Waals surface area contributed by atoms with E-state index in [2.05, 4.69) is 47.6 Å². The van der Waals surface area contributed by atoms with E-state index in [1.807, 2.05) is 26.0 Å². The molecule has 4 aromatic rings. The zero-order valence-electron chi connectivity index (χ0n) is 22.7. The molecule has 1 fully saturated rings. The molecule has 0 spiro atoms. The average Bonchev–Trinajstić information content (AvgIpc) is 3.35. The number of hydrogen-bond donors (Lipinski definition) is 3. The Kier molecular flexibility index (Phi) is 7.53. The van der Waals surface area contributed by atoms with Crippen molar-refractivity contribution in [2.45, 2.75) is 24.8 Å². The Labute approximate surface area is 231 Å². The number of likely N-dealkylation sites (N-methyl/N-ethyl adjacent to an activating group) is 1. The van der Waals surface area contributed by atoms with Crippen molar-refractivity contribution in [1.29, 1.82) is 0 Å². The highest BCUT2D eigenvalue weighted by atomic mass is 32.2. The lowest BCUT2D eigenvalue weighted by Crippen LogP contribution is -2.51. The van der Waals surface area contributed by atoms with Crippen molar-refractivity contribution in [2.24, 2.45) is 0 Å². The molecule has 1 amide bonds. The molecule has 3 heterocycles. The number of piperazine rings is 1. The Balaban J connectivity index is 1.42. The first kappa shape index (κ1) is 27.6. The van der Waals surface area contributed by atoms with Gasteiger partial charge in [-0.05, 0) is 44.7 Å². The molecule has 0 unspecified atom stereocenters. The van der Waals surface area contributed by atoms with Crippen molar-refractivity contribution in [3.05, 3.63) is 54.0 Å². The van der Waals surface area contributed by atoms with Gasteiger partial charge in [0.1, 0.15) is 10.4 Å². The van der Waals surface area contributed by atoms with Crippen LogP contribution in [0.4, 0.5) is 21.7 Å². The molecular formula is C27H31FN8O3S. The number of carbonyl (C=O) groups excluding carboxylic acids is 1. The zero-order valence-corrected chi connectivity index (χ0v) is 23.5. The monoisotopic (exact) mass is 566 g/mol. The lowest BCUT2D eigenvalue weighted by Gasteiger charge is -2.35. The number of amides is 1. The number of nitrogens with one attached hydrogen (secondary N) is 3. The summed E-state index contributed by atoms with van der Waals surface area (Å²) in [5.41, 5.74) is 2.96. The summed E-state index contributed by atoms with van der Waals surface area (Å²) in [4.78, 5) is 25.9. The Morgan fingerprint density at radius 2 is 1.80 bits per heavy atom. The van der Waals surface area contributed by atoms with Crippen LogP contribution in [-0.4, -0.2) is 89.8 Å². The predicted molar refractivity (Wildman–Crippen MR) is 152 cm³/mol. The van der Waals surface area contributed by atoms with E-state index >= 15 is 0 Å². The van der Waals surface area contributed by atoms with Gasteiger partial charge >= 0.3 is 0 Å². The molecule has 2 aromatic heterocycles. The fourth-order valence-electron chi connectivity index (χ4n) is 4.70. The molecule has 5 rings (SSSR count). The van der Waals surface area contributed by atoms with Crippen LogP contribution in [0, 0.1) is 12.7 Å². The summed E-state index contributed by atoms with van der Waals surface area (Å²) in [6, 6.07) is 9.28. The number of hydrogen-bond acceptors (Lipinski definition) is 9. The number of carbonyl (C=O) groups is 1. The number of para-hydroxylation sites is 1. The summed E-state index contributed by atoms with van der Waals surface area (Å²) in [7, 11) is -1.68. The van der Waals surface area contributed by atoms with Crippen LogP contribution in [0.5, 0.6) is 0 Å². The van der Waals surface area contributed by atoms with Gasteiger partial charge in [0.05, 0.1) is 28.8 Å². The zero-order chi connectivity index (χ0) is 28.6. The van der Waals surface area contributed by atoms with E-state index in [4.69, 9.17) is 0 Å². The second kappa shape index (κ2) is 10.9. The number of rotatable bonds is 7. The Hall–Kier alpha value is -3.94. The molecule has 0 saturated carbocycles. The van der Waals surface area contributed by atoms with Crippen molar-refractivity contribution < 1.29 is 17.6 Å². The smallest absolute Gasteiger partial charge is 0.241 e. The summed E-state index contributed by atoms with van der Waals surface area (Å²) < 4.78 is 38.7. The number of sulfone groups is 1. The Morgan fingerprint density at radius 1 is 1.10 bits per heavy atom. The largest absolute Gasteiger partial charge is 0.323 e. The van der Waals surface area contributed by atoms with E-state index < -0.39 is 20.5 Å². The molecule has 0 bridgehead atoms. The molecule has 210 valence electrons. The minimum atomic E-state index is -3.75. The number of halogens is 1. The van der Waals surface area contributed by atoms with Crippen LogP contribution in [0.15, 0.2) is 47.5 Å². The van der Waals surface area contributed by atoms with Gasteiger partial charge in [0.25, 0.3) is 0 Å². The lowest BCUT2D eigenvalue weighted by molar-refractivity contribution is -0.121. The molecule has 11 nitrogen and oxygen atoms in total. The minimum Gasteiger partial charge on any atom is -0.323 e. The third kappa shape index (κ3) is 5.53. The highest BCUT2D eigenvalue weighted by molar-refractivity contribution is 7.90. The van der Waals surface area contributed by atoms with Crippen LogP contribution in [0.25, 0.3) is 22.3 Å². The molecular weight excluding hydrogens is 535 g/mol. The van der Waals surface area contributed by atoms with Gasteiger partial charge in [-0.3, -0.25) is 14.8 Å². The Bertz CT molecular complexity index is 1680. The third-order valence-corrected chi connectivity index (χ3v) is 8.24. The molecule has 1 saturated heterocycles. The second-order valence-corrected chi connectivity index (χ2v) is 12.0. The standard InChI is InChI=1S/C27H31FN8O3S/c1-16-15-29-27(31-19-8-6-10-21(22(19)28)40(4,38)39)32-23(16)25-18-7-5-9-20(24(18)33-34-25)30-26(37)17(2)36-13-11-35(3)12-14-36/h5-10,15,17H,11-14H2,1-4H3,(H,30,37)(H,33,34)(H,29,31,32)/t17-/m0/s1. The highest BCUT2D eigenvalue weighted by Gasteiger charge is 2.25. The predicted octanol–water partition coefficient (Wildman–Crippen LogP) is 3.19. The van der Waals surface area contributed by atoms with Gasteiger partial charge in [0.2, 0.25) is 11.9 Å². The van der Waals surface area contributed by atoms with Crippen LogP contribution < -0.4 is 10.6 Å². The molecule has 1 aliphatic rings. The first-order valence-electron chi connectivity index (χ1n) is 12.8. The van der Waals surface area contributed by atoms with E-state index in [0.717, 1.165) is 43.4 Å². The molecule has 1 aliphatic heterocycles. The molecule has 3 N–H and O–H groups in total. The van der Waals surface area contributed by atoms with E-state index in [1.54, 1.807) is 12.3 Å². The van der Waals surface area contributed by atoms with E-state index in [0.29, 0.717) is 22.6 Å². The minimum absolute atomic E-state index is 0.0633. The summed E-state index contributed by atoms with van der Waals surface area (Å²) >= 11 is 0. The number of anilines is 3. The van der Waals surface area contributed by atoms with Crippen molar-refractivity contribution in [2.75, 3.05) is 50.1 Å². The van der Waals surface area contributed by atoms with Crippen LogP contribution >= 0.6 is 0 Å².